The van der Waals surface area contributed by atoms with Crippen LogP contribution in [0.3, 0.4) is 0 Å². The predicted molar refractivity (Wildman–Crippen MR) is 69.2 cm³/mol. The van der Waals surface area contributed by atoms with Crippen molar-refractivity contribution in [3.63, 3.8) is 0 Å². The van der Waals surface area contributed by atoms with Gasteiger partial charge in [-0.25, -0.2) is 0 Å². The highest BCUT2D eigenvalue weighted by Gasteiger charge is 2.16. The van der Waals surface area contributed by atoms with E-state index >= 15 is 0 Å². The molecule has 2 N–H and O–H groups in total. The van der Waals surface area contributed by atoms with Gasteiger partial charge in [-0.3, -0.25) is 4.90 Å². The highest BCUT2D eigenvalue weighted by Crippen LogP contribution is 2.09. The molecule has 0 bridgehead atoms. The normalized spacial score (nSPS) is 13.5. The average molecular weight is 232 g/mol. The van der Waals surface area contributed by atoms with Gasteiger partial charge in [0.05, 0.1) is 4.99 Å². The molecule has 4 heteroatoms. The van der Waals surface area contributed by atoms with E-state index in [0.29, 0.717) is 17.1 Å². The largest absolute Gasteiger partial charge is 0.393 e. The van der Waals surface area contributed by atoms with E-state index in [1.165, 1.54) is 0 Å². The second kappa shape index (κ2) is 8.02. The Morgan fingerprint density at radius 1 is 1.40 bits per heavy atom. The average Bonchev–Trinajstić information content (AvgIpc) is 2.13. The molecule has 0 heterocycles. The molecule has 1 atom stereocenters. The van der Waals surface area contributed by atoms with Crippen molar-refractivity contribution in [1.82, 2.24) is 4.90 Å². The highest BCUT2D eigenvalue weighted by atomic mass is 32.1. The summed E-state index contributed by atoms with van der Waals surface area (Å²) in [5, 5.41) is 0. The highest BCUT2D eigenvalue weighted by molar-refractivity contribution is 7.80. The van der Waals surface area contributed by atoms with Gasteiger partial charge in [-0.05, 0) is 27.2 Å². The summed E-state index contributed by atoms with van der Waals surface area (Å²) >= 11 is 4.90. The van der Waals surface area contributed by atoms with Crippen molar-refractivity contribution >= 4 is 17.2 Å². The van der Waals surface area contributed by atoms with Crippen molar-refractivity contribution in [3.8, 4) is 0 Å². The lowest BCUT2D eigenvalue weighted by atomic mass is 10.1. The lowest BCUT2D eigenvalue weighted by molar-refractivity contribution is 0.119. The second-order valence-electron chi connectivity index (χ2n) is 4.18. The first kappa shape index (κ1) is 14.8. The maximum absolute atomic E-state index is 5.52. The SMILES string of the molecule is COCCC(C)N(CCC(N)=S)C(C)C. The van der Waals surface area contributed by atoms with Crippen LogP contribution in [-0.2, 0) is 4.74 Å². The van der Waals surface area contributed by atoms with E-state index in [2.05, 4.69) is 25.7 Å². The molecule has 0 aromatic heterocycles. The van der Waals surface area contributed by atoms with Crippen molar-refractivity contribution in [3.05, 3.63) is 0 Å². The standard InChI is InChI=1S/C11H24N2OS/c1-9(2)13(7-5-11(12)15)10(3)6-8-14-4/h9-10H,5-8H2,1-4H3,(H2,12,15). The van der Waals surface area contributed by atoms with Crippen molar-refractivity contribution in [2.45, 2.75) is 45.7 Å². The third kappa shape index (κ3) is 6.82. The van der Waals surface area contributed by atoms with E-state index < -0.39 is 0 Å². The summed E-state index contributed by atoms with van der Waals surface area (Å²) in [4.78, 5) is 3.01. The van der Waals surface area contributed by atoms with E-state index in [1.807, 2.05) is 0 Å². The zero-order valence-electron chi connectivity index (χ0n) is 10.3. The number of hydrogen-bond acceptors (Lipinski definition) is 3. The minimum atomic E-state index is 0.513. The Labute approximate surface area is 99.0 Å². The van der Waals surface area contributed by atoms with Gasteiger partial charge in [0.25, 0.3) is 0 Å². The Hall–Kier alpha value is -0.190. The Morgan fingerprint density at radius 2 is 2.00 bits per heavy atom. The van der Waals surface area contributed by atoms with Gasteiger partial charge in [0.15, 0.2) is 0 Å². The van der Waals surface area contributed by atoms with Gasteiger partial charge in [0.2, 0.25) is 0 Å². The van der Waals surface area contributed by atoms with Gasteiger partial charge < -0.3 is 10.5 Å². The summed E-state index contributed by atoms with van der Waals surface area (Å²) in [7, 11) is 1.74. The van der Waals surface area contributed by atoms with Crippen LogP contribution in [0.4, 0.5) is 0 Å². The van der Waals surface area contributed by atoms with Gasteiger partial charge in [-0.15, -0.1) is 0 Å². The van der Waals surface area contributed by atoms with Crippen LogP contribution in [0.2, 0.25) is 0 Å². The van der Waals surface area contributed by atoms with Crippen LogP contribution in [0.5, 0.6) is 0 Å². The summed E-state index contributed by atoms with van der Waals surface area (Å²) in [6, 6.07) is 1.03. The molecule has 0 fully saturated rings. The van der Waals surface area contributed by atoms with Crippen LogP contribution < -0.4 is 5.73 Å². The Kier molecular flexibility index (Phi) is 7.92. The molecule has 15 heavy (non-hydrogen) atoms. The van der Waals surface area contributed by atoms with E-state index in [9.17, 15) is 0 Å². The van der Waals surface area contributed by atoms with Gasteiger partial charge in [0, 0.05) is 38.8 Å². The molecule has 0 aliphatic rings. The van der Waals surface area contributed by atoms with Crippen molar-refractivity contribution < 1.29 is 4.74 Å². The van der Waals surface area contributed by atoms with Crippen LogP contribution in [0.15, 0.2) is 0 Å². The molecule has 90 valence electrons. The van der Waals surface area contributed by atoms with Gasteiger partial charge in [0.1, 0.15) is 0 Å². The van der Waals surface area contributed by atoms with Crippen LogP contribution in [-0.4, -0.2) is 42.2 Å². The van der Waals surface area contributed by atoms with E-state index in [1.54, 1.807) is 7.11 Å². The minimum Gasteiger partial charge on any atom is -0.393 e. The Bertz CT molecular complexity index is 185. The summed E-state index contributed by atoms with van der Waals surface area (Å²) in [5.41, 5.74) is 5.52. The number of methoxy groups -OCH3 is 1. The lowest BCUT2D eigenvalue weighted by Gasteiger charge is -2.32. The molecular weight excluding hydrogens is 208 g/mol. The molecule has 3 nitrogen and oxygen atoms in total. The monoisotopic (exact) mass is 232 g/mol. The molecule has 1 unspecified atom stereocenters. The quantitative estimate of drug-likeness (QED) is 0.648. The number of rotatable bonds is 8. The lowest BCUT2D eigenvalue weighted by Crippen LogP contribution is -2.41. The van der Waals surface area contributed by atoms with Gasteiger partial charge in [-0.1, -0.05) is 12.2 Å². The first-order chi connectivity index (χ1) is 6.99. The van der Waals surface area contributed by atoms with Crippen LogP contribution in [0.1, 0.15) is 33.6 Å². The summed E-state index contributed by atoms with van der Waals surface area (Å²) < 4.78 is 5.09. The van der Waals surface area contributed by atoms with Crippen molar-refractivity contribution in [1.29, 1.82) is 0 Å². The fourth-order valence-electron chi connectivity index (χ4n) is 1.68. The summed E-state index contributed by atoms with van der Waals surface area (Å²) in [5.74, 6) is 0. The number of ether oxygens (including phenoxy) is 1. The molecular formula is C11H24N2OS. The molecule has 0 radical (unpaired) electrons. The van der Waals surface area contributed by atoms with Crippen molar-refractivity contribution in [2.24, 2.45) is 5.73 Å². The van der Waals surface area contributed by atoms with E-state index in [4.69, 9.17) is 22.7 Å². The first-order valence-electron chi connectivity index (χ1n) is 5.52. The predicted octanol–water partition coefficient (Wildman–Crippen LogP) is 1.80. The maximum atomic E-state index is 5.52. The number of nitrogens with two attached hydrogens (primary N) is 1. The first-order valence-corrected chi connectivity index (χ1v) is 5.92. The fraction of sp³-hybridized carbons (Fsp3) is 0.909. The molecule has 0 saturated carbocycles. The van der Waals surface area contributed by atoms with Crippen LogP contribution >= 0.6 is 12.2 Å². The zero-order chi connectivity index (χ0) is 11.8. The van der Waals surface area contributed by atoms with E-state index in [-0.39, 0.29) is 0 Å². The van der Waals surface area contributed by atoms with Crippen LogP contribution in [0.25, 0.3) is 0 Å². The fourth-order valence-corrected chi connectivity index (χ4v) is 1.77. The molecule has 0 saturated heterocycles. The molecule has 0 aromatic rings. The zero-order valence-corrected chi connectivity index (χ0v) is 11.1. The van der Waals surface area contributed by atoms with Gasteiger partial charge in [-0.2, -0.15) is 0 Å². The van der Waals surface area contributed by atoms with Gasteiger partial charge >= 0.3 is 0 Å². The minimum absolute atomic E-state index is 0.513. The third-order valence-electron chi connectivity index (χ3n) is 2.59. The number of thiocarbonyl (C=S) groups is 1. The number of hydrogen-bond donors (Lipinski definition) is 1. The Morgan fingerprint density at radius 3 is 2.40 bits per heavy atom. The molecule has 0 rings (SSSR count). The summed E-state index contributed by atoms with van der Waals surface area (Å²) in [6.45, 7) is 8.36. The molecule has 0 aromatic carbocycles. The van der Waals surface area contributed by atoms with E-state index in [0.717, 1.165) is 26.0 Å². The van der Waals surface area contributed by atoms with Crippen LogP contribution in [0, 0.1) is 0 Å². The molecule has 0 aliphatic heterocycles. The number of nitrogens with zero attached hydrogens (tertiary/aromatic N) is 1. The molecule has 0 aliphatic carbocycles. The second-order valence-corrected chi connectivity index (χ2v) is 4.70. The molecule has 0 amide bonds. The Balaban J connectivity index is 4.06. The topological polar surface area (TPSA) is 38.5 Å². The molecule has 0 spiro atoms. The summed E-state index contributed by atoms with van der Waals surface area (Å²) in [6.07, 6.45) is 1.84. The smallest absolute Gasteiger partial charge is 0.0740 e. The maximum Gasteiger partial charge on any atom is 0.0740 e. The van der Waals surface area contributed by atoms with Crippen molar-refractivity contribution in [2.75, 3.05) is 20.3 Å². The third-order valence-corrected chi connectivity index (χ3v) is 2.79.